The Balaban J connectivity index is 3.14. The molecule has 108 valence electrons. The van der Waals surface area contributed by atoms with E-state index in [0.717, 1.165) is 49.0 Å². The van der Waals surface area contributed by atoms with E-state index in [9.17, 15) is 0 Å². The number of nitrogens with zero attached hydrogens (tertiary/aromatic N) is 2. The first-order chi connectivity index (χ1) is 8.90. The number of hydrogen-bond acceptors (Lipinski definition) is 4. The van der Waals surface area contributed by atoms with Gasteiger partial charge in [-0.3, -0.25) is 0 Å². The Bertz CT molecular complexity index is 378. The summed E-state index contributed by atoms with van der Waals surface area (Å²) in [6.07, 6.45) is 2.18. The van der Waals surface area contributed by atoms with E-state index in [1.807, 2.05) is 0 Å². The van der Waals surface area contributed by atoms with E-state index in [1.165, 1.54) is 0 Å². The summed E-state index contributed by atoms with van der Waals surface area (Å²) in [5.41, 5.74) is 1.06. The number of aromatic nitrogens is 2. The maximum Gasteiger partial charge on any atom is 0.138 e. The predicted octanol–water partition coefficient (Wildman–Crippen LogP) is 3.73. The first kappa shape index (κ1) is 15.7. The van der Waals surface area contributed by atoms with Crippen LogP contribution in [0, 0.1) is 6.92 Å². The van der Waals surface area contributed by atoms with Gasteiger partial charge in [0, 0.05) is 24.1 Å². The topological polar surface area (TPSA) is 49.8 Å². The molecule has 1 rings (SSSR count). The lowest BCUT2D eigenvalue weighted by Gasteiger charge is -2.21. The van der Waals surface area contributed by atoms with Gasteiger partial charge >= 0.3 is 0 Å². The molecule has 0 bridgehead atoms. The van der Waals surface area contributed by atoms with Crippen molar-refractivity contribution in [2.45, 2.75) is 59.8 Å². The molecule has 0 aromatic carbocycles. The zero-order valence-electron chi connectivity index (χ0n) is 13.2. The smallest absolute Gasteiger partial charge is 0.138 e. The molecule has 4 nitrogen and oxygen atoms in total. The largest absolute Gasteiger partial charge is 0.370 e. The van der Waals surface area contributed by atoms with Gasteiger partial charge in [-0.2, -0.15) is 0 Å². The minimum Gasteiger partial charge on any atom is -0.370 e. The summed E-state index contributed by atoms with van der Waals surface area (Å²) in [5, 5.41) is 6.80. The van der Waals surface area contributed by atoms with Crippen LogP contribution in [0.2, 0.25) is 0 Å². The summed E-state index contributed by atoms with van der Waals surface area (Å²) >= 11 is 0. The van der Waals surface area contributed by atoms with Gasteiger partial charge in [-0.25, -0.2) is 9.97 Å². The lowest BCUT2D eigenvalue weighted by molar-refractivity contribution is 0.546. The molecule has 0 aliphatic rings. The van der Waals surface area contributed by atoms with Crippen LogP contribution in [-0.4, -0.2) is 23.1 Å². The van der Waals surface area contributed by atoms with Crippen molar-refractivity contribution in [3.05, 3.63) is 11.4 Å². The fourth-order valence-electron chi connectivity index (χ4n) is 1.68. The molecule has 0 unspecified atom stereocenters. The van der Waals surface area contributed by atoms with Crippen molar-refractivity contribution < 1.29 is 0 Å². The number of nitrogens with one attached hydrogen (secondary N) is 2. The SMILES string of the molecule is CCCNc1nc(C(C)(C)C)nc(NCCC)c1C. The Morgan fingerprint density at radius 1 is 0.895 bits per heavy atom. The van der Waals surface area contributed by atoms with Crippen molar-refractivity contribution in [3.8, 4) is 0 Å². The fourth-order valence-corrected chi connectivity index (χ4v) is 1.68. The van der Waals surface area contributed by atoms with Crippen molar-refractivity contribution in [2.24, 2.45) is 0 Å². The molecule has 0 spiro atoms. The van der Waals surface area contributed by atoms with Crippen molar-refractivity contribution >= 4 is 11.6 Å². The maximum atomic E-state index is 4.69. The van der Waals surface area contributed by atoms with Gasteiger partial charge in [-0.05, 0) is 19.8 Å². The monoisotopic (exact) mass is 264 g/mol. The van der Waals surface area contributed by atoms with Gasteiger partial charge in [0.15, 0.2) is 0 Å². The third-order valence-corrected chi connectivity index (χ3v) is 2.90. The van der Waals surface area contributed by atoms with Crippen molar-refractivity contribution in [1.82, 2.24) is 9.97 Å². The Labute approximate surface area is 117 Å². The standard InChI is InChI=1S/C15H28N4/c1-7-9-16-12-11(3)13(17-10-8-2)19-14(18-12)15(4,5)6/h7-10H2,1-6H3,(H2,16,17,18,19). The van der Waals surface area contributed by atoms with Crippen LogP contribution in [0.25, 0.3) is 0 Å². The molecule has 1 heterocycles. The Morgan fingerprint density at radius 3 is 1.63 bits per heavy atom. The predicted molar refractivity (Wildman–Crippen MR) is 83.0 cm³/mol. The molecule has 0 aliphatic heterocycles. The molecular weight excluding hydrogens is 236 g/mol. The molecule has 0 saturated carbocycles. The Kier molecular flexibility index (Phi) is 5.58. The van der Waals surface area contributed by atoms with Crippen LogP contribution < -0.4 is 10.6 Å². The molecule has 0 amide bonds. The van der Waals surface area contributed by atoms with Gasteiger partial charge < -0.3 is 10.6 Å². The second kappa shape index (κ2) is 6.73. The lowest BCUT2D eigenvalue weighted by atomic mass is 9.95. The third kappa shape index (κ3) is 4.37. The first-order valence-corrected chi connectivity index (χ1v) is 7.27. The van der Waals surface area contributed by atoms with Gasteiger partial charge in [-0.15, -0.1) is 0 Å². The van der Waals surface area contributed by atoms with E-state index in [0.29, 0.717) is 0 Å². The van der Waals surface area contributed by atoms with Gasteiger partial charge in [-0.1, -0.05) is 34.6 Å². The average Bonchev–Trinajstić information content (AvgIpc) is 2.34. The highest BCUT2D eigenvalue weighted by Crippen LogP contribution is 2.26. The van der Waals surface area contributed by atoms with Crippen LogP contribution in [0.15, 0.2) is 0 Å². The van der Waals surface area contributed by atoms with Crippen molar-refractivity contribution in [2.75, 3.05) is 23.7 Å². The van der Waals surface area contributed by atoms with E-state index in [2.05, 4.69) is 62.1 Å². The lowest BCUT2D eigenvalue weighted by Crippen LogP contribution is -2.20. The summed E-state index contributed by atoms with van der Waals surface area (Å²) in [6, 6.07) is 0. The van der Waals surface area contributed by atoms with Crippen LogP contribution >= 0.6 is 0 Å². The molecular formula is C15H28N4. The van der Waals surface area contributed by atoms with Crippen molar-refractivity contribution in [1.29, 1.82) is 0 Å². The molecule has 1 aromatic heterocycles. The van der Waals surface area contributed by atoms with Crippen molar-refractivity contribution in [3.63, 3.8) is 0 Å². The van der Waals surface area contributed by atoms with E-state index >= 15 is 0 Å². The van der Waals surface area contributed by atoms with E-state index < -0.39 is 0 Å². The molecule has 2 N–H and O–H groups in total. The molecule has 0 fully saturated rings. The third-order valence-electron chi connectivity index (χ3n) is 2.90. The molecule has 19 heavy (non-hydrogen) atoms. The average molecular weight is 264 g/mol. The number of hydrogen-bond donors (Lipinski definition) is 2. The highest BCUT2D eigenvalue weighted by Gasteiger charge is 2.20. The van der Waals surface area contributed by atoms with E-state index in [1.54, 1.807) is 0 Å². The molecule has 0 saturated heterocycles. The number of rotatable bonds is 6. The minimum atomic E-state index is -0.0427. The normalized spacial score (nSPS) is 11.5. The van der Waals surface area contributed by atoms with Gasteiger partial charge in [0.1, 0.15) is 17.5 Å². The summed E-state index contributed by atoms with van der Waals surface area (Å²) in [7, 11) is 0. The summed E-state index contributed by atoms with van der Waals surface area (Å²) in [6.45, 7) is 14.7. The van der Waals surface area contributed by atoms with Crippen LogP contribution in [0.5, 0.6) is 0 Å². The summed E-state index contributed by atoms with van der Waals surface area (Å²) in [4.78, 5) is 9.38. The minimum absolute atomic E-state index is 0.0427. The van der Waals surface area contributed by atoms with E-state index in [4.69, 9.17) is 0 Å². The Hall–Kier alpha value is -1.32. The van der Waals surface area contributed by atoms with Gasteiger partial charge in [0.2, 0.25) is 0 Å². The zero-order chi connectivity index (χ0) is 14.5. The summed E-state index contributed by atoms with van der Waals surface area (Å²) in [5.74, 6) is 2.80. The fraction of sp³-hybridized carbons (Fsp3) is 0.733. The molecule has 4 heteroatoms. The molecule has 1 aromatic rings. The maximum absolute atomic E-state index is 4.69. The Morgan fingerprint density at radius 2 is 1.32 bits per heavy atom. The summed E-state index contributed by atoms with van der Waals surface area (Å²) < 4.78 is 0. The van der Waals surface area contributed by atoms with Crippen LogP contribution in [0.1, 0.15) is 58.8 Å². The first-order valence-electron chi connectivity index (χ1n) is 7.27. The van der Waals surface area contributed by atoms with Gasteiger partial charge in [0.05, 0.1) is 0 Å². The highest BCUT2D eigenvalue weighted by molar-refractivity contribution is 5.57. The van der Waals surface area contributed by atoms with Gasteiger partial charge in [0.25, 0.3) is 0 Å². The second-order valence-electron chi connectivity index (χ2n) is 5.97. The highest BCUT2D eigenvalue weighted by atomic mass is 15.1. The molecule has 0 radical (unpaired) electrons. The van der Waals surface area contributed by atoms with E-state index in [-0.39, 0.29) is 5.41 Å². The number of anilines is 2. The zero-order valence-corrected chi connectivity index (χ0v) is 13.2. The second-order valence-corrected chi connectivity index (χ2v) is 5.97. The molecule has 0 aliphatic carbocycles. The molecule has 0 atom stereocenters. The quantitative estimate of drug-likeness (QED) is 0.822. The van der Waals surface area contributed by atoms with Crippen LogP contribution in [-0.2, 0) is 5.41 Å². The van der Waals surface area contributed by atoms with Crippen LogP contribution in [0.4, 0.5) is 11.6 Å². The van der Waals surface area contributed by atoms with Crippen LogP contribution in [0.3, 0.4) is 0 Å².